The summed E-state index contributed by atoms with van der Waals surface area (Å²) in [4.78, 5) is 40.8. The standard InChI is InChI=1S/C30H33N7O3/c1-18-9-11-32-22(14-18)35-26(38)21-6-4-20(5-7-21)23-24-25(31)33-12-13-37(24)28(36-23)30(10-8-19(2)34-15-30)27(39)29(3)16-40-17-29/h4-7,9,11-14,19,34H,8,10,15-17H2,1-3H3,(H2,31,33)(H,32,35,38)/t19-,30-/m0/s1. The SMILES string of the molecule is Cc1ccnc(NC(=O)c2ccc(-c3nc([C@@]4(C(=O)C5(C)COC5)CC[C@H](C)NC4)n4ccnc(N)c34)cc2)c1. The summed E-state index contributed by atoms with van der Waals surface area (Å²) in [5, 5.41) is 6.37. The Morgan fingerprint density at radius 3 is 2.58 bits per heavy atom. The summed E-state index contributed by atoms with van der Waals surface area (Å²) in [6.45, 7) is 7.34. The van der Waals surface area contributed by atoms with Gasteiger partial charge in [-0.25, -0.2) is 15.0 Å². The molecule has 206 valence electrons. The average Bonchev–Trinajstić information content (AvgIpc) is 3.34. The van der Waals surface area contributed by atoms with E-state index in [-0.39, 0.29) is 11.7 Å². The van der Waals surface area contributed by atoms with E-state index < -0.39 is 10.8 Å². The molecule has 2 atom stereocenters. The van der Waals surface area contributed by atoms with Gasteiger partial charge < -0.3 is 21.1 Å². The van der Waals surface area contributed by atoms with Crippen molar-refractivity contribution < 1.29 is 14.3 Å². The number of carbonyl (C=O) groups excluding carboxylic acids is 2. The predicted molar refractivity (Wildman–Crippen MR) is 152 cm³/mol. The molecule has 2 aliphatic rings. The number of aromatic nitrogens is 4. The lowest BCUT2D eigenvalue weighted by molar-refractivity contribution is -0.162. The minimum atomic E-state index is -0.847. The van der Waals surface area contributed by atoms with Crippen LogP contribution in [0, 0.1) is 12.3 Å². The first kappa shape index (κ1) is 26.1. The van der Waals surface area contributed by atoms with Gasteiger partial charge in [0.05, 0.1) is 18.6 Å². The third-order valence-corrected chi connectivity index (χ3v) is 8.17. The van der Waals surface area contributed by atoms with Gasteiger partial charge >= 0.3 is 0 Å². The molecule has 0 bridgehead atoms. The number of aryl methyl sites for hydroxylation is 1. The van der Waals surface area contributed by atoms with E-state index in [0.29, 0.717) is 66.5 Å². The van der Waals surface area contributed by atoms with E-state index in [0.717, 1.165) is 17.5 Å². The van der Waals surface area contributed by atoms with E-state index in [4.69, 9.17) is 15.5 Å². The number of nitrogens with zero attached hydrogens (tertiary/aromatic N) is 4. The minimum absolute atomic E-state index is 0.135. The molecular formula is C30H33N7O3. The molecule has 10 nitrogen and oxygen atoms in total. The van der Waals surface area contributed by atoms with Crippen LogP contribution in [-0.4, -0.2) is 56.8 Å². The Morgan fingerprint density at radius 2 is 1.93 bits per heavy atom. The van der Waals surface area contributed by atoms with Crippen LogP contribution in [0.25, 0.3) is 16.8 Å². The lowest BCUT2D eigenvalue weighted by Crippen LogP contribution is -2.61. The van der Waals surface area contributed by atoms with Gasteiger partial charge in [0.25, 0.3) is 5.91 Å². The Morgan fingerprint density at radius 1 is 1.15 bits per heavy atom. The number of nitrogens with two attached hydrogens (primary N) is 1. The lowest BCUT2D eigenvalue weighted by Gasteiger charge is -2.46. The first-order valence-corrected chi connectivity index (χ1v) is 13.5. The summed E-state index contributed by atoms with van der Waals surface area (Å²) in [5.74, 6) is 1.34. The predicted octanol–water partition coefficient (Wildman–Crippen LogP) is 3.55. The van der Waals surface area contributed by atoms with Crippen LogP contribution in [0.3, 0.4) is 0 Å². The number of rotatable bonds is 6. The van der Waals surface area contributed by atoms with Crippen molar-refractivity contribution in [1.82, 2.24) is 24.7 Å². The maximum atomic E-state index is 14.2. The smallest absolute Gasteiger partial charge is 0.256 e. The number of nitrogen functional groups attached to an aromatic ring is 1. The van der Waals surface area contributed by atoms with Crippen LogP contribution < -0.4 is 16.4 Å². The summed E-state index contributed by atoms with van der Waals surface area (Å²) in [5.41, 5.74) is 8.52. The number of ether oxygens (including phenoxy) is 1. The maximum absolute atomic E-state index is 14.2. The van der Waals surface area contributed by atoms with Gasteiger partial charge in [0.2, 0.25) is 0 Å². The van der Waals surface area contributed by atoms with Crippen molar-refractivity contribution in [2.45, 2.75) is 45.1 Å². The van der Waals surface area contributed by atoms with Crippen molar-refractivity contribution in [3.05, 3.63) is 71.9 Å². The van der Waals surface area contributed by atoms with Gasteiger partial charge in [0.15, 0.2) is 5.78 Å². The van der Waals surface area contributed by atoms with E-state index in [1.54, 1.807) is 24.5 Å². The number of hydrogen-bond acceptors (Lipinski definition) is 8. The van der Waals surface area contributed by atoms with Crippen LogP contribution >= 0.6 is 0 Å². The van der Waals surface area contributed by atoms with Gasteiger partial charge in [-0.15, -0.1) is 0 Å². The fourth-order valence-corrected chi connectivity index (χ4v) is 5.78. The molecule has 0 spiro atoms. The monoisotopic (exact) mass is 539 g/mol. The van der Waals surface area contributed by atoms with Gasteiger partial charge in [0, 0.05) is 42.3 Å². The van der Waals surface area contributed by atoms with Gasteiger partial charge in [-0.1, -0.05) is 12.1 Å². The summed E-state index contributed by atoms with van der Waals surface area (Å²) in [6, 6.07) is 11.2. The maximum Gasteiger partial charge on any atom is 0.256 e. The van der Waals surface area contributed by atoms with Crippen molar-refractivity contribution in [2.24, 2.45) is 5.41 Å². The van der Waals surface area contributed by atoms with Crippen LogP contribution in [0.2, 0.25) is 0 Å². The fourth-order valence-electron chi connectivity index (χ4n) is 5.78. The Bertz CT molecular complexity index is 1600. The summed E-state index contributed by atoms with van der Waals surface area (Å²) in [6.07, 6.45) is 6.62. The number of nitrogens with one attached hydrogen (secondary N) is 2. The molecule has 4 aromatic rings. The van der Waals surface area contributed by atoms with Crippen molar-refractivity contribution in [3.63, 3.8) is 0 Å². The highest BCUT2D eigenvalue weighted by molar-refractivity contribution is 6.04. The van der Waals surface area contributed by atoms with E-state index in [1.165, 1.54) is 0 Å². The third kappa shape index (κ3) is 4.33. The largest absolute Gasteiger partial charge is 0.382 e. The molecule has 2 saturated heterocycles. The molecule has 40 heavy (non-hydrogen) atoms. The quantitative estimate of drug-likeness (QED) is 0.338. The van der Waals surface area contributed by atoms with Crippen LogP contribution in [0.1, 0.15) is 48.4 Å². The van der Waals surface area contributed by atoms with E-state index in [2.05, 4.69) is 27.5 Å². The Hall–Kier alpha value is -4.15. The third-order valence-electron chi connectivity index (χ3n) is 8.17. The number of pyridine rings is 1. The zero-order valence-electron chi connectivity index (χ0n) is 22.9. The second kappa shape index (κ2) is 9.79. The highest BCUT2D eigenvalue weighted by atomic mass is 16.5. The molecule has 1 amide bonds. The number of imidazole rings is 1. The lowest BCUT2D eigenvalue weighted by atomic mass is 9.65. The number of carbonyl (C=O) groups is 2. The first-order chi connectivity index (χ1) is 19.2. The van der Waals surface area contributed by atoms with Gasteiger partial charge in [-0.2, -0.15) is 0 Å². The molecule has 0 unspecified atom stereocenters. The molecular weight excluding hydrogens is 506 g/mol. The molecule has 3 aromatic heterocycles. The van der Waals surface area contributed by atoms with Crippen molar-refractivity contribution in [3.8, 4) is 11.3 Å². The first-order valence-electron chi connectivity index (χ1n) is 13.5. The summed E-state index contributed by atoms with van der Waals surface area (Å²) in [7, 11) is 0. The molecule has 0 saturated carbocycles. The van der Waals surface area contributed by atoms with E-state index in [1.807, 2.05) is 48.7 Å². The average molecular weight is 540 g/mol. The zero-order valence-corrected chi connectivity index (χ0v) is 22.9. The molecule has 0 radical (unpaired) electrons. The number of fused-ring (bicyclic) bond motifs is 1. The van der Waals surface area contributed by atoms with E-state index >= 15 is 0 Å². The Balaban J connectivity index is 1.41. The summed E-state index contributed by atoms with van der Waals surface area (Å²) < 4.78 is 7.39. The molecule has 1 aromatic carbocycles. The molecule has 0 aliphatic carbocycles. The van der Waals surface area contributed by atoms with Crippen LogP contribution in [0.4, 0.5) is 11.6 Å². The van der Waals surface area contributed by atoms with Crippen molar-refractivity contribution in [1.29, 1.82) is 0 Å². The number of amides is 1. The number of benzene rings is 1. The van der Waals surface area contributed by atoms with Crippen LogP contribution in [0.5, 0.6) is 0 Å². The topological polar surface area (TPSA) is 137 Å². The normalized spacial score (nSPS) is 22.0. The molecule has 10 heteroatoms. The van der Waals surface area contributed by atoms with Crippen LogP contribution in [-0.2, 0) is 14.9 Å². The molecule has 4 N–H and O–H groups in total. The van der Waals surface area contributed by atoms with Gasteiger partial charge in [0.1, 0.15) is 34.1 Å². The van der Waals surface area contributed by atoms with Crippen LogP contribution in [0.15, 0.2) is 55.0 Å². The summed E-state index contributed by atoms with van der Waals surface area (Å²) >= 11 is 0. The second-order valence-electron chi connectivity index (χ2n) is 11.4. The van der Waals surface area contributed by atoms with Gasteiger partial charge in [-0.3, -0.25) is 14.0 Å². The second-order valence-corrected chi connectivity index (χ2v) is 11.4. The van der Waals surface area contributed by atoms with E-state index in [9.17, 15) is 9.59 Å². The number of anilines is 2. The highest BCUT2D eigenvalue weighted by Gasteiger charge is 2.55. The molecule has 2 aliphatic heterocycles. The number of Topliss-reactive ketones (excluding diaryl/α,β-unsaturated/α-hetero) is 1. The number of hydrogen-bond donors (Lipinski definition) is 3. The fraction of sp³-hybridized carbons (Fsp3) is 0.367. The number of ketones is 1. The molecule has 2 fully saturated rings. The highest BCUT2D eigenvalue weighted by Crippen LogP contribution is 2.44. The zero-order chi connectivity index (χ0) is 28.1. The minimum Gasteiger partial charge on any atom is -0.382 e. The molecule has 5 heterocycles. The van der Waals surface area contributed by atoms with Crippen molar-refractivity contribution in [2.75, 3.05) is 30.8 Å². The van der Waals surface area contributed by atoms with Gasteiger partial charge in [-0.05, 0) is 63.4 Å². The number of piperidine rings is 1. The Labute approximate surface area is 232 Å². The Kier molecular flexibility index (Phi) is 6.39. The molecule has 6 rings (SSSR count). The van der Waals surface area contributed by atoms with Crippen molar-refractivity contribution >= 4 is 28.8 Å².